The van der Waals surface area contributed by atoms with Crippen LogP contribution in [-0.2, 0) is 14.8 Å². The molecule has 0 bridgehead atoms. The quantitative estimate of drug-likeness (QED) is 0.700. The van der Waals surface area contributed by atoms with Crippen LogP contribution in [0.2, 0.25) is 0 Å². The van der Waals surface area contributed by atoms with E-state index in [4.69, 9.17) is 0 Å². The topological polar surface area (TPSA) is 66.5 Å². The molecule has 0 heterocycles. The molecule has 5 nitrogen and oxygen atoms in total. The van der Waals surface area contributed by atoms with Crippen LogP contribution in [0.5, 0.6) is 0 Å². The lowest BCUT2D eigenvalue weighted by Gasteiger charge is -2.19. The van der Waals surface area contributed by atoms with Gasteiger partial charge < -0.3 is 5.32 Å². The highest BCUT2D eigenvalue weighted by Crippen LogP contribution is 2.28. The predicted molar refractivity (Wildman–Crippen MR) is 57.9 cm³/mol. The molecule has 0 aromatic heterocycles. The fraction of sp³-hybridized carbons (Fsp3) is 0.889. The summed E-state index contributed by atoms with van der Waals surface area (Å²) in [5.41, 5.74) is 0. The van der Waals surface area contributed by atoms with Gasteiger partial charge in [-0.25, -0.2) is 8.42 Å². The van der Waals surface area contributed by atoms with E-state index in [0.717, 1.165) is 12.8 Å². The summed E-state index contributed by atoms with van der Waals surface area (Å²) in [5.74, 6) is -0.0424. The van der Waals surface area contributed by atoms with E-state index < -0.39 is 10.0 Å². The van der Waals surface area contributed by atoms with Gasteiger partial charge in [0.15, 0.2) is 0 Å². The Labute approximate surface area is 90.9 Å². The zero-order valence-corrected chi connectivity index (χ0v) is 10.0. The van der Waals surface area contributed by atoms with Crippen molar-refractivity contribution >= 4 is 15.9 Å². The molecule has 1 rings (SSSR count). The maximum atomic E-state index is 11.4. The molecule has 0 unspecified atom stereocenters. The minimum absolute atomic E-state index is 0.0424. The van der Waals surface area contributed by atoms with Crippen molar-refractivity contribution in [2.24, 2.45) is 0 Å². The fourth-order valence-corrected chi connectivity index (χ4v) is 2.59. The van der Waals surface area contributed by atoms with E-state index in [2.05, 4.69) is 5.32 Å². The van der Waals surface area contributed by atoms with Gasteiger partial charge in [-0.15, -0.1) is 0 Å². The number of amides is 1. The lowest BCUT2D eigenvalue weighted by atomic mass is 10.4. The zero-order chi connectivity index (χ0) is 11.5. The third-order valence-electron chi connectivity index (χ3n) is 2.36. The van der Waals surface area contributed by atoms with Crippen LogP contribution in [-0.4, -0.2) is 44.0 Å². The maximum absolute atomic E-state index is 11.4. The summed E-state index contributed by atoms with van der Waals surface area (Å²) in [6.45, 7) is 2.55. The molecule has 1 N–H and O–H groups in total. The van der Waals surface area contributed by atoms with E-state index in [1.807, 2.05) is 0 Å². The van der Waals surface area contributed by atoms with Crippen LogP contribution in [0, 0.1) is 0 Å². The average molecular weight is 234 g/mol. The summed E-state index contributed by atoms with van der Waals surface area (Å²) in [5, 5.41) is 2.67. The molecule has 1 amide bonds. The first-order chi connectivity index (χ1) is 6.95. The Morgan fingerprint density at radius 2 is 2.07 bits per heavy atom. The van der Waals surface area contributed by atoms with E-state index in [1.54, 1.807) is 6.92 Å². The van der Waals surface area contributed by atoms with E-state index in [1.165, 1.54) is 10.6 Å². The van der Waals surface area contributed by atoms with E-state index >= 15 is 0 Å². The van der Waals surface area contributed by atoms with Gasteiger partial charge in [-0.1, -0.05) is 6.92 Å². The number of sulfonamides is 1. The first kappa shape index (κ1) is 12.4. The van der Waals surface area contributed by atoms with Gasteiger partial charge >= 0.3 is 0 Å². The van der Waals surface area contributed by atoms with Gasteiger partial charge in [-0.05, 0) is 12.8 Å². The molecule has 1 fully saturated rings. The zero-order valence-electron chi connectivity index (χ0n) is 9.19. The van der Waals surface area contributed by atoms with Crippen molar-refractivity contribution in [3.8, 4) is 0 Å². The summed E-state index contributed by atoms with van der Waals surface area (Å²) in [6.07, 6.45) is 3.53. The Bertz CT molecular complexity index is 322. The Balaban J connectivity index is 2.36. The van der Waals surface area contributed by atoms with Gasteiger partial charge in [-0.2, -0.15) is 4.31 Å². The second-order valence-corrected chi connectivity index (χ2v) is 5.74. The van der Waals surface area contributed by atoms with E-state index in [-0.39, 0.29) is 11.9 Å². The van der Waals surface area contributed by atoms with Gasteiger partial charge in [0, 0.05) is 25.6 Å². The molecule has 0 radical (unpaired) electrons. The lowest BCUT2D eigenvalue weighted by Crippen LogP contribution is -2.39. The molecule has 0 aliphatic heterocycles. The third kappa shape index (κ3) is 4.17. The van der Waals surface area contributed by atoms with Crippen LogP contribution in [0.15, 0.2) is 0 Å². The number of rotatable bonds is 6. The van der Waals surface area contributed by atoms with Crippen molar-refractivity contribution in [3.63, 3.8) is 0 Å². The molecule has 0 spiro atoms. The van der Waals surface area contributed by atoms with Gasteiger partial charge in [0.1, 0.15) is 0 Å². The largest absolute Gasteiger partial charge is 0.355 e. The monoisotopic (exact) mass is 234 g/mol. The Morgan fingerprint density at radius 3 is 2.47 bits per heavy atom. The van der Waals surface area contributed by atoms with Gasteiger partial charge in [0.2, 0.25) is 15.9 Å². The maximum Gasteiger partial charge on any atom is 0.219 e. The van der Waals surface area contributed by atoms with Crippen LogP contribution in [0.3, 0.4) is 0 Å². The molecular formula is C9H18N2O3S. The van der Waals surface area contributed by atoms with Crippen LogP contribution in [0.25, 0.3) is 0 Å². The molecule has 0 aromatic carbocycles. The number of hydrogen-bond acceptors (Lipinski definition) is 3. The smallest absolute Gasteiger partial charge is 0.219 e. The normalized spacial score (nSPS) is 16.7. The van der Waals surface area contributed by atoms with Crippen LogP contribution >= 0.6 is 0 Å². The molecular weight excluding hydrogens is 216 g/mol. The Hall–Kier alpha value is -0.620. The van der Waals surface area contributed by atoms with Crippen molar-refractivity contribution in [2.45, 2.75) is 32.2 Å². The molecule has 1 aliphatic carbocycles. The summed E-state index contributed by atoms with van der Waals surface area (Å²) >= 11 is 0. The molecule has 1 saturated carbocycles. The minimum atomic E-state index is -3.12. The van der Waals surface area contributed by atoms with Gasteiger partial charge in [-0.3, -0.25) is 4.79 Å². The molecule has 6 heteroatoms. The van der Waals surface area contributed by atoms with Crippen molar-refractivity contribution in [2.75, 3.05) is 19.3 Å². The van der Waals surface area contributed by atoms with E-state index in [9.17, 15) is 13.2 Å². The number of nitrogens with zero attached hydrogens (tertiary/aromatic N) is 1. The summed E-state index contributed by atoms with van der Waals surface area (Å²) < 4.78 is 24.2. The minimum Gasteiger partial charge on any atom is -0.355 e. The predicted octanol–water partition coefficient (Wildman–Crippen LogP) is -0.0634. The first-order valence-electron chi connectivity index (χ1n) is 5.18. The second-order valence-electron chi connectivity index (χ2n) is 3.81. The average Bonchev–Trinajstić information content (AvgIpc) is 2.93. The highest BCUT2D eigenvalue weighted by Gasteiger charge is 2.34. The molecule has 1 aliphatic rings. The SMILES string of the molecule is CCC(=O)NCCN(C1CC1)S(C)(=O)=O. The highest BCUT2D eigenvalue weighted by atomic mass is 32.2. The Kier molecular flexibility index (Phi) is 4.10. The fourth-order valence-electron chi connectivity index (χ4n) is 1.41. The van der Waals surface area contributed by atoms with Crippen molar-refractivity contribution in [1.82, 2.24) is 9.62 Å². The molecule has 0 aromatic rings. The molecule has 88 valence electrons. The number of carbonyl (C=O) groups is 1. The third-order valence-corrected chi connectivity index (χ3v) is 3.69. The molecule has 15 heavy (non-hydrogen) atoms. The highest BCUT2D eigenvalue weighted by molar-refractivity contribution is 7.88. The van der Waals surface area contributed by atoms with Crippen molar-refractivity contribution < 1.29 is 13.2 Å². The summed E-state index contributed by atoms with van der Waals surface area (Å²) in [7, 11) is -3.12. The van der Waals surface area contributed by atoms with Crippen LogP contribution in [0.1, 0.15) is 26.2 Å². The van der Waals surface area contributed by atoms with Crippen molar-refractivity contribution in [3.05, 3.63) is 0 Å². The van der Waals surface area contributed by atoms with E-state index in [0.29, 0.717) is 19.5 Å². The Morgan fingerprint density at radius 1 is 1.47 bits per heavy atom. The number of hydrogen-bond donors (Lipinski definition) is 1. The van der Waals surface area contributed by atoms with Gasteiger partial charge in [0.25, 0.3) is 0 Å². The molecule has 0 saturated heterocycles. The molecule has 0 atom stereocenters. The number of nitrogens with one attached hydrogen (secondary N) is 1. The lowest BCUT2D eigenvalue weighted by molar-refractivity contribution is -0.120. The second kappa shape index (κ2) is 4.94. The number of carbonyl (C=O) groups excluding carboxylic acids is 1. The van der Waals surface area contributed by atoms with Crippen LogP contribution < -0.4 is 5.32 Å². The summed E-state index contributed by atoms with van der Waals surface area (Å²) in [4.78, 5) is 10.9. The van der Waals surface area contributed by atoms with Crippen molar-refractivity contribution in [1.29, 1.82) is 0 Å². The van der Waals surface area contributed by atoms with Crippen LogP contribution in [0.4, 0.5) is 0 Å². The first-order valence-corrected chi connectivity index (χ1v) is 7.03. The standard InChI is InChI=1S/C9H18N2O3S/c1-3-9(12)10-6-7-11(8-4-5-8)15(2,13)14/h8H,3-7H2,1-2H3,(H,10,12). The summed E-state index contributed by atoms with van der Waals surface area (Å²) in [6, 6.07) is 0.165. The van der Waals surface area contributed by atoms with Gasteiger partial charge in [0.05, 0.1) is 6.26 Å².